The molecule has 0 radical (unpaired) electrons. The molecule has 6 nitrogen and oxygen atoms in total. The van der Waals surface area contributed by atoms with Gasteiger partial charge in [0.15, 0.2) is 0 Å². The van der Waals surface area contributed by atoms with Gasteiger partial charge in [0.05, 0.1) is 0 Å². The van der Waals surface area contributed by atoms with Crippen LogP contribution in [0.4, 0.5) is 0 Å². The minimum atomic E-state index is -1.24. The number of carbonyl (C=O) groups is 3. The van der Waals surface area contributed by atoms with E-state index in [2.05, 4.69) is 5.32 Å². The van der Waals surface area contributed by atoms with Gasteiger partial charge in [0.25, 0.3) is 5.91 Å². The molecule has 24 heavy (non-hydrogen) atoms. The second-order valence-electron chi connectivity index (χ2n) is 5.26. The van der Waals surface area contributed by atoms with Crippen molar-refractivity contribution in [2.45, 2.75) is 0 Å². The molecule has 0 bridgehead atoms. The van der Waals surface area contributed by atoms with Gasteiger partial charge in [0.1, 0.15) is 17.9 Å². The normalized spacial score (nSPS) is 12.9. The van der Waals surface area contributed by atoms with Crippen LogP contribution >= 0.6 is 0 Å². The smallest absolute Gasteiger partial charge is 0.322 e. The topological polar surface area (TPSA) is 104 Å². The third-order valence-corrected chi connectivity index (χ3v) is 3.72. The summed E-state index contributed by atoms with van der Waals surface area (Å²) in [4.78, 5) is 34.8. The molecule has 3 rings (SSSR count). The zero-order chi connectivity index (χ0) is 17.3. The summed E-state index contributed by atoms with van der Waals surface area (Å²) in [5, 5.41) is 21.0. The molecule has 0 heterocycles. The summed E-state index contributed by atoms with van der Waals surface area (Å²) >= 11 is 0. The quantitative estimate of drug-likeness (QED) is 0.747. The van der Waals surface area contributed by atoms with Crippen molar-refractivity contribution in [3.8, 4) is 11.1 Å². The Kier molecular flexibility index (Phi) is 3.87. The van der Waals surface area contributed by atoms with Gasteiger partial charge in [-0.05, 0) is 23.3 Å². The first-order chi connectivity index (χ1) is 11.5. The van der Waals surface area contributed by atoms with Gasteiger partial charge in [-0.3, -0.25) is 14.4 Å². The summed E-state index contributed by atoms with van der Waals surface area (Å²) in [5.74, 6) is -3.20. The van der Waals surface area contributed by atoms with E-state index >= 15 is 0 Å². The molecule has 0 fully saturated rings. The molecule has 1 amide bonds. The molecule has 2 aromatic carbocycles. The Labute approximate surface area is 137 Å². The summed E-state index contributed by atoms with van der Waals surface area (Å²) in [6, 6.07) is 14.3. The number of benzene rings is 2. The van der Waals surface area contributed by atoms with Crippen molar-refractivity contribution in [3.63, 3.8) is 0 Å². The fourth-order valence-electron chi connectivity index (χ4n) is 2.58. The molecular weight excluding hydrogens is 310 g/mol. The predicted octanol–water partition coefficient (Wildman–Crippen LogP) is 2.02. The zero-order valence-electron chi connectivity index (χ0n) is 12.4. The number of fused-ring (bicyclic) bond motifs is 1. The van der Waals surface area contributed by atoms with E-state index in [0.29, 0.717) is 0 Å². The van der Waals surface area contributed by atoms with Crippen LogP contribution in [0.2, 0.25) is 0 Å². The van der Waals surface area contributed by atoms with Crippen molar-refractivity contribution >= 4 is 23.4 Å². The number of carbonyl (C=O) groups excluding carboxylic acids is 2. The number of carboxylic acids is 1. The maximum absolute atomic E-state index is 12.3. The summed E-state index contributed by atoms with van der Waals surface area (Å²) in [6.45, 7) is -0.630. The molecule has 0 aliphatic heterocycles. The van der Waals surface area contributed by atoms with E-state index in [1.807, 2.05) is 30.3 Å². The lowest BCUT2D eigenvalue weighted by molar-refractivity contribution is -0.137. The largest absolute Gasteiger partial charge is 0.506 e. The van der Waals surface area contributed by atoms with Gasteiger partial charge in [-0.15, -0.1) is 0 Å². The number of hydrogen-bond acceptors (Lipinski definition) is 4. The number of nitrogens with one attached hydrogen (secondary N) is 1. The fourth-order valence-corrected chi connectivity index (χ4v) is 2.58. The lowest BCUT2D eigenvalue weighted by Gasteiger charge is -2.04. The number of Topliss-reactive ketones (excluding diaryl/α,β-unsaturated/α-hetero) is 1. The van der Waals surface area contributed by atoms with Gasteiger partial charge in [-0.2, -0.15) is 0 Å². The first-order valence-electron chi connectivity index (χ1n) is 7.17. The first kappa shape index (κ1) is 15.5. The van der Waals surface area contributed by atoms with Crippen molar-refractivity contribution in [1.82, 2.24) is 5.32 Å². The van der Waals surface area contributed by atoms with Crippen LogP contribution in [0.15, 0.2) is 54.1 Å². The number of aliphatic hydroxyl groups excluding tert-OH is 1. The van der Waals surface area contributed by atoms with E-state index in [9.17, 15) is 19.5 Å². The minimum absolute atomic E-state index is 0.215. The molecule has 1 aliphatic carbocycles. The highest BCUT2D eigenvalue weighted by molar-refractivity contribution is 6.34. The second-order valence-corrected chi connectivity index (χ2v) is 5.26. The number of ketones is 1. The highest BCUT2D eigenvalue weighted by Gasteiger charge is 2.34. The van der Waals surface area contributed by atoms with E-state index in [1.165, 1.54) is 0 Å². The fraction of sp³-hybridized carbons (Fsp3) is 0.0556. The monoisotopic (exact) mass is 323 g/mol. The lowest BCUT2D eigenvalue weighted by atomic mass is 10.00. The van der Waals surface area contributed by atoms with Crippen LogP contribution in [0, 0.1) is 0 Å². The Hall–Kier alpha value is -3.41. The Balaban J connectivity index is 1.98. The molecule has 0 saturated heterocycles. The van der Waals surface area contributed by atoms with Gasteiger partial charge in [-0.1, -0.05) is 36.4 Å². The molecule has 3 N–H and O–H groups in total. The molecule has 120 valence electrons. The van der Waals surface area contributed by atoms with Crippen LogP contribution in [0.3, 0.4) is 0 Å². The molecule has 0 unspecified atom stereocenters. The number of hydrogen-bond donors (Lipinski definition) is 3. The van der Waals surface area contributed by atoms with Crippen molar-refractivity contribution in [3.05, 3.63) is 65.2 Å². The van der Waals surface area contributed by atoms with Crippen molar-refractivity contribution < 1.29 is 24.6 Å². The maximum atomic E-state index is 12.3. The lowest BCUT2D eigenvalue weighted by Crippen LogP contribution is -2.32. The third-order valence-electron chi connectivity index (χ3n) is 3.72. The van der Waals surface area contributed by atoms with E-state index in [0.717, 1.165) is 11.1 Å². The molecule has 6 heteroatoms. The Morgan fingerprint density at radius 1 is 0.958 bits per heavy atom. The third kappa shape index (κ3) is 2.65. The average molecular weight is 323 g/mol. The summed E-state index contributed by atoms with van der Waals surface area (Å²) in [6.07, 6.45) is 0. The second kappa shape index (κ2) is 6.00. The number of rotatable bonds is 4. The van der Waals surface area contributed by atoms with Gasteiger partial charge in [0, 0.05) is 11.1 Å². The van der Waals surface area contributed by atoms with Crippen LogP contribution < -0.4 is 5.32 Å². The molecule has 0 saturated carbocycles. The van der Waals surface area contributed by atoms with Crippen LogP contribution in [-0.4, -0.2) is 34.4 Å². The van der Waals surface area contributed by atoms with Crippen molar-refractivity contribution in [1.29, 1.82) is 0 Å². The number of aliphatic hydroxyl groups is 1. The van der Waals surface area contributed by atoms with Crippen LogP contribution in [0.1, 0.15) is 15.9 Å². The Bertz CT molecular complexity index is 884. The summed E-state index contributed by atoms with van der Waals surface area (Å²) in [5.41, 5.74) is 1.75. The number of amides is 1. The average Bonchev–Trinajstić information content (AvgIpc) is 2.84. The SMILES string of the molecule is O=C(O)CNC(=O)C1=C(O)c2cc(-c3ccccc3)ccc2C1=O. The molecule has 2 aromatic rings. The highest BCUT2D eigenvalue weighted by atomic mass is 16.4. The van der Waals surface area contributed by atoms with Gasteiger partial charge in [-0.25, -0.2) is 0 Å². The highest BCUT2D eigenvalue weighted by Crippen LogP contribution is 2.34. The van der Waals surface area contributed by atoms with Crippen LogP contribution in [0.25, 0.3) is 16.9 Å². The van der Waals surface area contributed by atoms with E-state index < -0.39 is 35.5 Å². The van der Waals surface area contributed by atoms with Crippen molar-refractivity contribution in [2.75, 3.05) is 6.54 Å². The molecule has 0 aromatic heterocycles. The van der Waals surface area contributed by atoms with Gasteiger partial charge in [0.2, 0.25) is 5.78 Å². The van der Waals surface area contributed by atoms with Crippen LogP contribution in [-0.2, 0) is 9.59 Å². The number of aliphatic carboxylic acids is 1. The van der Waals surface area contributed by atoms with E-state index in [-0.39, 0.29) is 11.1 Å². The minimum Gasteiger partial charge on any atom is -0.506 e. The molecule has 0 spiro atoms. The zero-order valence-corrected chi connectivity index (χ0v) is 12.4. The summed E-state index contributed by atoms with van der Waals surface area (Å²) in [7, 11) is 0. The molecule has 1 aliphatic rings. The number of carboxylic acid groups (broad SMARTS) is 1. The van der Waals surface area contributed by atoms with E-state index in [1.54, 1.807) is 18.2 Å². The summed E-state index contributed by atoms with van der Waals surface area (Å²) < 4.78 is 0. The van der Waals surface area contributed by atoms with Gasteiger partial charge >= 0.3 is 5.97 Å². The van der Waals surface area contributed by atoms with Crippen molar-refractivity contribution in [2.24, 2.45) is 0 Å². The van der Waals surface area contributed by atoms with Crippen LogP contribution in [0.5, 0.6) is 0 Å². The first-order valence-corrected chi connectivity index (χ1v) is 7.17. The maximum Gasteiger partial charge on any atom is 0.322 e. The Morgan fingerprint density at radius 3 is 2.33 bits per heavy atom. The molecule has 0 atom stereocenters. The predicted molar refractivity (Wildman–Crippen MR) is 86.4 cm³/mol. The van der Waals surface area contributed by atoms with Gasteiger partial charge < -0.3 is 15.5 Å². The van der Waals surface area contributed by atoms with E-state index in [4.69, 9.17) is 5.11 Å². The standard InChI is InChI=1S/C18H13NO5/c20-14(21)9-19-18(24)15-16(22)12-7-6-11(8-13(12)17(15)23)10-4-2-1-3-5-10/h1-8,23H,9H2,(H,19,24)(H,20,21). The molecular formula is C18H13NO5. The Morgan fingerprint density at radius 2 is 1.67 bits per heavy atom.